The minimum atomic E-state index is 0.0394. The molecule has 0 saturated carbocycles. The molecular weight excluding hydrogens is 508 g/mol. The Morgan fingerprint density at radius 1 is 0.512 bits per heavy atom. The number of unbranched alkanes of at least 4 members (excludes halogenated alkanes) is 22. The first kappa shape index (κ1) is 37.0. The minimum absolute atomic E-state index is 0.0394. The van der Waals surface area contributed by atoms with Gasteiger partial charge in [-0.1, -0.05) is 142 Å². The fourth-order valence-corrected chi connectivity index (χ4v) is 5.39. The Morgan fingerprint density at radius 3 is 1.32 bits per heavy atom. The maximum absolute atomic E-state index is 12.0. The number of rotatable bonds is 29. The predicted molar refractivity (Wildman–Crippen MR) is 175 cm³/mol. The molecule has 5 nitrogen and oxygen atoms in total. The number of phenolic OH excluding ortho intramolecular Hbond substituents is 1. The summed E-state index contributed by atoms with van der Waals surface area (Å²) < 4.78 is 0. The van der Waals surface area contributed by atoms with E-state index in [-0.39, 0.29) is 17.6 Å². The van der Waals surface area contributed by atoms with Crippen molar-refractivity contribution in [2.75, 3.05) is 11.9 Å². The van der Waals surface area contributed by atoms with Crippen LogP contribution in [0.4, 0.5) is 5.69 Å². The summed E-state index contributed by atoms with van der Waals surface area (Å²) in [5, 5.41) is 15.3. The summed E-state index contributed by atoms with van der Waals surface area (Å²) in [4.78, 5) is 24.0. The van der Waals surface area contributed by atoms with Gasteiger partial charge in [-0.3, -0.25) is 9.59 Å². The molecule has 41 heavy (non-hydrogen) atoms. The van der Waals surface area contributed by atoms with Gasteiger partial charge in [0.25, 0.3) is 0 Å². The molecule has 0 aliphatic rings. The molecule has 5 heteroatoms. The highest BCUT2D eigenvalue weighted by Crippen LogP contribution is 2.16. The van der Waals surface area contributed by atoms with E-state index in [0.717, 1.165) is 37.9 Å². The van der Waals surface area contributed by atoms with Crippen LogP contribution in [0.5, 0.6) is 5.75 Å². The number of carbonyl (C=O) groups excluding carboxylic acids is 2. The van der Waals surface area contributed by atoms with Crippen LogP contribution in [-0.4, -0.2) is 23.5 Å². The summed E-state index contributed by atoms with van der Waals surface area (Å²) in [7, 11) is 0. The fraction of sp³-hybridized carbons (Fsp3) is 0.778. The molecule has 0 unspecified atom stereocenters. The zero-order valence-corrected chi connectivity index (χ0v) is 26.7. The van der Waals surface area contributed by atoms with Crippen molar-refractivity contribution in [1.29, 1.82) is 0 Å². The normalized spacial score (nSPS) is 11.0. The molecule has 3 N–H and O–H groups in total. The van der Waals surface area contributed by atoms with Crippen molar-refractivity contribution in [3.8, 4) is 5.75 Å². The molecule has 1 aromatic carbocycles. The Bertz CT molecular complexity index is 735. The zero-order chi connectivity index (χ0) is 29.6. The van der Waals surface area contributed by atoms with Crippen molar-refractivity contribution in [1.82, 2.24) is 5.32 Å². The summed E-state index contributed by atoms with van der Waals surface area (Å²) in [6, 6.07) is 6.58. The van der Waals surface area contributed by atoms with E-state index in [0.29, 0.717) is 12.8 Å². The van der Waals surface area contributed by atoms with E-state index in [9.17, 15) is 14.7 Å². The van der Waals surface area contributed by atoms with E-state index in [1.807, 2.05) is 0 Å². The molecule has 0 atom stereocenters. The average molecular weight is 573 g/mol. The Morgan fingerprint density at radius 2 is 0.878 bits per heavy atom. The van der Waals surface area contributed by atoms with E-state index >= 15 is 0 Å². The first-order valence-electron chi connectivity index (χ1n) is 17.5. The molecule has 236 valence electrons. The van der Waals surface area contributed by atoms with Gasteiger partial charge in [0.2, 0.25) is 11.8 Å². The van der Waals surface area contributed by atoms with Gasteiger partial charge in [0, 0.05) is 25.1 Å². The molecule has 0 aliphatic heterocycles. The molecule has 0 heterocycles. The number of hydrogen-bond acceptors (Lipinski definition) is 3. The number of amides is 2. The molecule has 1 aromatic rings. The maximum Gasteiger partial charge on any atom is 0.224 e. The van der Waals surface area contributed by atoms with Crippen molar-refractivity contribution in [3.63, 3.8) is 0 Å². The van der Waals surface area contributed by atoms with Crippen molar-refractivity contribution < 1.29 is 14.7 Å². The lowest BCUT2D eigenvalue weighted by Crippen LogP contribution is -2.23. The van der Waals surface area contributed by atoms with Gasteiger partial charge in [0.05, 0.1) is 0 Å². The van der Waals surface area contributed by atoms with E-state index in [2.05, 4.69) is 17.6 Å². The van der Waals surface area contributed by atoms with Gasteiger partial charge in [-0.15, -0.1) is 0 Å². The summed E-state index contributed by atoms with van der Waals surface area (Å²) >= 11 is 0. The van der Waals surface area contributed by atoms with Gasteiger partial charge in [-0.05, 0) is 43.5 Å². The van der Waals surface area contributed by atoms with E-state index in [1.165, 1.54) is 128 Å². The second kappa shape index (κ2) is 28.1. The highest BCUT2D eigenvalue weighted by molar-refractivity contribution is 5.90. The zero-order valence-electron chi connectivity index (χ0n) is 26.7. The lowest BCUT2D eigenvalue weighted by atomic mass is 10.0. The first-order chi connectivity index (χ1) is 20.1. The third-order valence-corrected chi connectivity index (χ3v) is 8.06. The number of nitrogens with one attached hydrogen (secondary N) is 2. The number of benzene rings is 1. The first-order valence-corrected chi connectivity index (χ1v) is 17.5. The summed E-state index contributed by atoms with van der Waals surface area (Å²) in [6.07, 6.45) is 32.0. The standard InChI is InChI=1S/C36H64N2O3/c1-2-3-4-5-6-7-8-9-10-11-12-14-17-20-23-26-35(40)37-32-25-22-19-16-13-15-18-21-24-27-36(41)38-33-28-30-34(39)31-29-33/h28-31,39H,2-27,32H2,1H3,(H,37,40)(H,38,41). The van der Waals surface area contributed by atoms with Gasteiger partial charge in [-0.2, -0.15) is 0 Å². The van der Waals surface area contributed by atoms with Gasteiger partial charge >= 0.3 is 0 Å². The average Bonchev–Trinajstić information content (AvgIpc) is 2.97. The van der Waals surface area contributed by atoms with E-state index in [1.54, 1.807) is 24.3 Å². The number of aromatic hydroxyl groups is 1. The van der Waals surface area contributed by atoms with Gasteiger partial charge < -0.3 is 15.7 Å². The van der Waals surface area contributed by atoms with Crippen molar-refractivity contribution in [2.45, 2.75) is 174 Å². The second-order valence-electron chi connectivity index (χ2n) is 12.1. The topological polar surface area (TPSA) is 78.4 Å². The summed E-state index contributed by atoms with van der Waals surface area (Å²) in [5.41, 5.74) is 0.729. The van der Waals surface area contributed by atoms with Gasteiger partial charge in [0.1, 0.15) is 5.75 Å². The molecule has 1 rings (SSSR count). The van der Waals surface area contributed by atoms with Crippen LogP contribution in [-0.2, 0) is 9.59 Å². The SMILES string of the molecule is CCCCCCCCCCCCCCCCCC(=O)NCCCCCCCCCCCC(=O)Nc1ccc(O)cc1. The van der Waals surface area contributed by atoms with Crippen LogP contribution in [0.2, 0.25) is 0 Å². The van der Waals surface area contributed by atoms with E-state index in [4.69, 9.17) is 0 Å². The number of anilines is 1. The lowest BCUT2D eigenvalue weighted by Gasteiger charge is -2.06. The quantitative estimate of drug-likeness (QED) is 0.0660. The smallest absolute Gasteiger partial charge is 0.224 e. The summed E-state index contributed by atoms with van der Waals surface area (Å²) in [6.45, 7) is 3.10. The second-order valence-corrected chi connectivity index (χ2v) is 12.1. The molecular formula is C36H64N2O3. The Kier molecular flexibility index (Phi) is 25.3. The summed E-state index contributed by atoms with van der Waals surface area (Å²) in [5.74, 6) is 0.476. The molecule has 0 aliphatic carbocycles. The van der Waals surface area contributed by atoms with Crippen LogP contribution in [0.25, 0.3) is 0 Å². The van der Waals surface area contributed by atoms with Crippen LogP contribution in [0.1, 0.15) is 174 Å². The van der Waals surface area contributed by atoms with Crippen molar-refractivity contribution >= 4 is 17.5 Å². The van der Waals surface area contributed by atoms with Crippen LogP contribution in [0.15, 0.2) is 24.3 Å². The monoisotopic (exact) mass is 572 g/mol. The van der Waals surface area contributed by atoms with Crippen LogP contribution in [0.3, 0.4) is 0 Å². The van der Waals surface area contributed by atoms with E-state index < -0.39 is 0 Å². The molecule has 2 amide bonds. The third-order valence-electron chi connectivity index (χ3n) is 8.06. The van der Waals surface area contributed by atoms with Crippen LogP contribution in [0, 0.1) is 0 Å². The molecule has 0 fully saturated rings. The number of phenols is 1. The fourth-order valence-electron chi connectivity index (χ4n) is 5.39. The lowest BCUT2D eigenvalue weighted by molar-refractivity contribution is -0.121. The third kappa shape index (κ3) is 25.4. The Hall–Kier alpha value is -2.04. The highest BCUT2D eigenvalue weighted by atomic mass is 16.3. The van der Waals surface area contributed by atoms with Crippen LogP contribution < -0.4 is 10.6 Å². The molecule has 0 spiro atoms. The Balaban J connectivity index is 1.74. The minimum Gasteiger partial charge on any atom is -0.508 e. The molecule has 0 saturated heterocycles. The highest BCUT2D eigenvalue weighted by Gasteiger charge is 2.03. The van der Waals surface area contributed by atoms with Crippen LogP contribution >= 0.6 is 0 Å². The van der Waals surface area contributed by atoms with Gasteiger partial charge in [0.15, 0.2) is 0 Å². The molecule has 0 radical (unpaired) electrons. The number of hydrogen-bond donors (Lipinski definition) is 3. The van der Waals surface area contributed by atoms with Crippen molar-refractivity contribution in [2.24, 2.45) is 0 Å². The largest absolute Gasteiger partial charge is 0.508 e. The molecule has 0 aromatic heterocycles. The maximum atomic E-state index is 12.0. The number of carbonyl (C=O) groups is 2. The van der Waals surface area contributed by atoms with Gasteiger partial charge in [-0.25, -0.2) is 0 Å². The van der Waals surface area contributed by atoms with Crippen molar-refractivity contribution in [3.05, 3.63) is 24.3 Å². The predicted octanol–water partition coefficient (Wildman–Crippen LogP) is 10.6. The molecule has 0 bridgehead atoms. The Labute approximate surface area is 253 Å².